The van der Waals surface area contributed by atoms with E-state index in [1.165, 1.54) is 24.3 Å². The van der Waals surface area contributed by atoms with Crippen molar-refractivity contribution in [3.63, 3.8) is 0 Å². The van der Waals surface area contributed by atoms with E-state index in [-0.39, 0.29) is 5.76 Å². The Hall–Kier alpha value is -3.05. The lowest BCUT2D eigenvalue weighted by molar-refractivity contribution is -0.578. The van der Waals surface area contributed by atoms with Gasteiger partial charge >= 0.3 is 0 Å². The number of halogens is 1. The monoisotopic (exact) mass is 378 g/mol. The van der Waals surface area contributed by atoms with Crippen molar-refractivity contribution in [1.82, 2.24) is 0 Å². The Morgan fingerprint density at radius 3 is 2.37 bits per heavy atom. The van der Waals surface area contributed by atoms with Crippen LogP contribution in [0.25, 0.3) is 11.5 Å². The maximum Gasteiger partial charge on any atom is 0.238 e. The summed E-state index contributed by atoms with van der Waals surface area (Å²) in [6, 6.07) is 17.0. The highest BCUT2D eigenvalue weighted by molar-refractivity contribution is 7.81. The van der Waals surface area contributed by atoms with Crippen molar-refractivity contribution in [1.29, 1.82) is 0 Å². The highest BCUT2D eigenvalue weighted by Gasteiger charge is 2.19. The molecule has 3 aromatic rings. The van der Waals surface area contributed by atoms with Crippen LogP contribution in [0.4, 0.5) is 10.1 Å². The maximum absolute atomic E-state index is 13.3. The van der Waals surface area contributed by atoms with Crippen molar-refractivity contribution in [3.8, 4) is 0 Å². The molecule has 0 atom stereocenters. The Bertz CT molecular complexity index is 1010. The molecule has 27 heavy (non-hydrogen) atoms. The number of aromatic nitrogens is 1. The highest BCUT2D eigenvalue weighted by atomic mass is 32.1. The van der Waals surface area contributed by atoms with Crippen LogP contribution in [0.1, 0.15) is 16.7 Å². The smallest absolute Gasteiger partial charge is 0.238 e. The first-order valence-electron chi connectivity index (χ1n) is 8.48. The SMILES string of the molecule is Cc1ccc[n+](C(C(=S)Nc2ccccc2C)=C([O-])c2ccc(F)cc2)c1. The topological polar surface area (TPSA) is 39.0 Å². The molecule has 0 spiro atoms. The van der Waals surface area contributed by atoms with Crippen molar-refractivity contribution in [2.45, 2.75) is 13.8 Å². The Kier molecular flexibility index (Phi) is 5.62. The predicted molar refractivity (Wildman–Crippen MR) is 108 cm³/mol. The minimum atomic E-state index is -0.392. The molecule has 0 amide bonds. The van der Waals surface area contributed by atoms with Gasteiger partial charge in [-0.15, -0.1) is 0 Å². The first kappa shape index (κ1) is 18.7. The zero-order valence-corrected chi connectivity index (χ0v) is 15.9. The summed E-state index contributed by atoms with van der Waals surface area (Å²) in [5.74, 6) is -0.673. The number of nitrogens with one attached hydrogen (secondary N) is 1. The van der Waals surface area contributed by atoms with Crippen LogP contribution in [0.15, 0.2) is 73.1 Å². The fraction of sp³-hybridized carbons (Fsp3) is 0.0909. The van der Waals surface area contributed by atoms with Gasteiger partial charge in [0, 0.05) is 17.3 Å². The minimum Gasteiger partial charge on any atom is -0.867 e. The Balaban J connectivity index is 2.10. The largest absolute Gasteiger partial charge is 0.867 e. The van der Waals surface area contributed by atoms with Gasteiger partial charge in [0.25, 0.3) is 0 Å². The third-order valence-corrected chi connectivity index (χ3v) is 4.43. The molecule has 2 aromatic carbocycles. The van der Waals surface area contributed by atoms with Gasteiger partial charge in [-0.25, -0.2) is 4.39 Å². The van der Waals surface area contributed by atoms with Gasteiger partial charge in [-0.05, 0) is 55.0 Å². The van der Waals surface area contributed by atoms with E-state index >= 15 is 0 Å². The molecular formula is C22H19FN2OS. The molecule has 1 heterocycles. The van der Waals surface area contributed by atoms with E-state index in [0.717, 1.165) is 16.8 Å². The molecular weight excluding hydrogens is 359 g/mol. The van der Waals surface area contributed by atoms with Crippen LogP contribution in [0.5, 0.6) is 0 Å². The molecule has 0 aliphatic rings. The van der Waals surface area contributed by atoms with Crippen molar-refractivity contribution in [2.24, 2.45) is 0 Å². The number of pyridine rings is 1. The van der Waals surface area contributed by atoms with Crippen molar-refractivity contribution in [2.75, 3.05) is 5.32 Å². The standard InChI is InChI=1S/C22H19FN2OS/c1-15-6-5-13-25(14-15)20(21(26)17-9-11-18(23)12-10-17)22(27)24-19-8-4-3-7-16(19)2/h3-14H,1-2H3,(H-,24,26,27). The molecule has 0 bridgehead atoms. The van der Waals surface area contributed by atoms with E-state index in [2.05, 4.69) is 5.32 Å². The van der Waals surface area contributed by atoms with Crippen LogP contribution < -0.4 is 15.0 Å². The number of para-hydroxylation sites is 1. The van der Waals surface area contributed by atoms with Crippen LogP contribution in [0.3, 0.4) is 0 Å². The number of benzene rings is 2. The number of hydrogen-bond acceptors (Lipinski definition) is 2. The summed E-state index contributed by atoms with van der Waals surface area (Å²) >= 11 is 5.58. The molecule has 0 aliphatic heterocycles. The molecule has 3 nitrogen and oxygen atoms in total. The van der Waals surface area contributed by atoms with Crippen molar-refractivity contribution in [3.05, 3.63) is 95.6 Å². The molecule has 0 radical (unpaired) electrons. The van der Waals surface area contributed by atoms with Crippen LogP contribution in [-0.2, 0) is 0 Å². The number of hydrogen-bond donors (Lipinski definition) is 1. The van der Waals surface area contributed by atoms with Crippen molar-refractivity contribution >= 4 is 34.3 Å². The molecule has 136 valence electrons. The summed E-state index contributed by atoms with van der Waals surface area (Å²) in [7, 11) is 0. The number of aryl methyl sites for hydroxylation is 2. The molecule has 1 N–H and O–H groups in total. The molecule has 3 rings (SSSR count). The summed E-state index contributed by atoms with van der Waals surface area (Å²) < 4.78 is 15.0. The second-order valence-electron chi connectivity index (χ2n) is 6.24. The van der Waals surface area contributed by atoms with Gasteiger partial charge in [-0.2, -0.15) is 4.57 Å². The molecule has 0 aliphatic carbocycles. The second-order valence-corrected chi connectivity index (χ2v) is 6.65. The van der Waals surface area contributed by atoms with Crippen LogP contribution in [-0.4, -0.2) is 4.99 Å². The zero-order chi connectivity index (χ0) is 19.4. The molecule has 0 saturated carbocycles. The molecule has 0 saturated heterocycles. The Morgan fingerprint density at radius 1 is 1.00 bits per heavy atom. The lowest BCUT2D eigenvalue weighted by atomic mass is 10.1. The number of anilines is 1. The first-order chi connectivity index (χ1) is 13.0. The van der Waals surface area contributed by atoms with Gasteiger partial charge in [0.2, 0.25) is 5.70 Å². The molecule has 0 unspecified atom stereocenters. The van der Waals surface area contributed by atoms with Crippen LogP contribution in [0, 0.1) is 19.7 Å². The van der Waals surface area contributed by atoms with E-state index < -0.39 is 5.82 Å². The predicted octanol–water partition coefficient (Wildman–Crippen LogP) is 3.86. The molecule has 5 heteroatoms. The summed E-state index contributed by atoms with van der Waals surface area (Å²) in [6.07, 6.45) is 3.61. The van der Waals surface area contributed by atoms with Crippen molar-refractivity contribution < 1.29 is 14.1 Å². The highest BCUT2D eigenvalue weighted by Crippen LogP contribution is 2.19. The summed E-state index contributed by atoms with van der Waals surface area (Å²) in [6.45, 7) is 3.90. The van der Waals surface area contributed by atoms with E-state index in [1.54, 1.807) is 10.8 Å². The normalized spacial score (nSPS) is 11.7. The van der Waals surface area contributed by atoms with Gasteiger partial charge in [0.1, 0.15) is 5.82 Å². The van der Waals surface area contributed by atoms with Gasteiger partial charge < -0.3 is 10.4 Å². The summed E-state index contributed by atoms with van der Waals surface area (Å²) in [4.78, 5) is 0.300. The maximum atomic E-state index is 13.3. The quantitative estimate of drug-likeness (QED) is 0.324. The zero-order valence-electron chi connectivity index (χ0n) is 15.1. The average molecular weight is 378 g/mol. The van der Waals surface area contributed by atoms with E-state index in [9.17, 15) is 9.50 Å². The third-order valence-electron chi connectivity index (χ3n) is 4.14. The molecule has 1 aromatic heterocycles. The third kappa shape index (κ3) is 4.38. The van der Waals surface area contributed by atoms with Crippen LogP contribution in [0.2, 0.25) is 0 Å². The van der Waals surface area contributed by atoms with Gasteiger partial charge in [0.15, 0.2) is 17.4 Å². The number of thiocarbonyl (C=S) groups is 1. The number of rotatable bonds is 4. The lowest BCUT2D eigenvalue weighted by Crippen LogP contribution is -2.40. The second kappa shape index (κ2) is 8.10. The molecule has 0 fully saturated rings. The Morgan fingerprint density at radius 2 is 1.70 bits per heavy atom. The Labute approximate surface area is 163 Å². The van der Waals surface area contributed by atoms with Gasteiger partial charge in [0.05, 0.1) is 0 Å². The minimum absolute atomic E-state index is 0.281. The summed E-state index contributed by atoms with van der Waals surface area (Å²) in [5.41, 5.74) is 3.52. The van der Waals surface area contributed by atoms with E-state index in [1.807, 2.05) is 56.4 Å². The number of nitrogens with zero attached hydrogens (tertiary/aromatic N) is 1. The van der Waals surface area contributed by atoms with E-state index in [0.29, 0.717) is 16.2 Å². The van der Waals surface area contributed by atoms with Gasteiger partial charge in [-0.1, -0.05) is 42.5 Å². The van der Waals surface area contributed by atoms with Crippen LogP contribution >= 0.6 is 12.2 Å². The van der Waals surface area contributed by atoms with E-state index in [4.69, 9.17) is 12.2 Å². The first-order valence-corrected chi connectivity index (χ1v) is 8.89. The lowest BCUT2D eigenvalue weighted by Gasteiger charge is -2.17. The average Bonchev–Trinajstić information content (AvgIpc) is 2.64. The van der Waals surface area contributed by atoms with Gasteiger partial charge in [-0.3, -0.25) is 0 Å². The fourth-order valence-corrected chi connectivity index (χ4v) is 3.01. The summed E-state index contributed by atoms with van der Waals surface area (Å²) in [5, 5.41) is 16.3. The fourth-order valence-electron chi connectivity index (χ4n) is 2.70.